The zero-order valence-electron chi connectivity index (χ0n) is 9.11. The number of fused-ring (bicyclic) bond motifs is 2. The standard InChI is InChI=1S/C14H10ClNO/c15-12-5-1-4-11-10(12)7-6-9-3-2-8-16-13(9)14(11)17/h1-5,8H,6-7H2. The predicted octanol–water partition coefficient (Wildman–Crippen LogP) is 3.06. The number of rotatable bonds is 0. The Bertz CT molecular complexity index is 607. The van der Waals surface area contributed by atoms with E-state index in [1.54, 1.807) is 6.20 Å². The normalized spacial score (nSPS) is 13.8. The average Bonchev–Trinajstić information content (AvgIpc) is 2.50. The number of benzene rings is 1. The van der Waals surface area contributed by atoms with Crippen LogP contribution in [0.3, 0.4) is 0 Å². The summed E-state index contributed by atoms with van der Waals surface area (Å²) in [6.07, 6.45) is 3.26. The van der Waals surface area contributed by atoms with Crippen LogP contribution in [0.5, 0.6) is 0 Å². The zero-order chi connectivity index (χ0) is 11.8. The van der Waals surface area contributed by atoms with Gasteiger partial charge in [-0.3, -0.25) is 9.78 Å². The minimum atomic E-state index is -0.0180. The number of pyridine rings is 1. The van der Waals surface area contributed by atoms with Crippen LogP contribution < -0.4 is 0 Å². The Balaban J connectivity index is 2.24. The molecule has 2 aromatic rings. The summed E-state index contributed by atoms with van der Waals surface area (Å²) in [6, 6.07) is 9.29. The lowest BCUT2D eigenvalue weighted by Gasteiger charge is -2.05. The number of carbonyl (C=O) groups excluding carboxylic acids is 1. The lowest BCUT2D eigenvalue weighted by Crippen LogP contribution is -2.06. The second kappa shape index (κ2) is 3.97. The van der Waals surface area contributed by atoms with E-state index in [2.05, 4.69) is 4.98 Å². The van der Waals surface area contributed by atoms with Crippen LogP contribution in [0, 0.1) is 0 Å². The minimum absolute atomic E-state index is 0.0180. The zero-order valence-corrected chi connectivity index (χ0v) is 9.87. The Labute approximate surface area is 104 Å². The number of halogens is 1. The summed E-state index contributed by atoms with van der Waals surface area (Å²) < 4.78 is 0. The van der Waals surface area contributed by atoms with Crippen molar-refractivity contribution < 1.29 is 4.79 Å². The Morgan fingerprint density at radius 3 is 2.88 bits per heavy atom. The lowest BCUT2D eigenvalue weighted by atomic mass is 10.0. The van der Waals surface area contributed by atoms with E-state index in [0.29, 0.717) is 16.3 Å². The molecule has 1 aliphatic carbocycles. The molecule has 17 heavy (non-hydrogen) atoms. The number of carbonyl (C=O) groups is 1. The van der Waals surface area contributed by atoms with Crippen molar-refractivity contribution in [1.82, 2.24) is 4.98 Å². The fourth-order valence-electron chi connectivity index (χ4n) is 2.26. The SMILES string of the molecule is O=C1c2cccc(Cl)c2CCc2cccnc21. The number of aryl methyl sites for hydroxylation is 1. The fraction of sp³-hybridized carbons (Fsp3) is 0.143. The molecule has 0 saturated heterocycles. The highest BCUT2D eigenvalue weighted by molar-refractivity contribution is 6.32. The summed E-state index contributed by atoms with van der Waals surface area (Å²) in [5.74, 6) is -0.0180. The molecule has 3 rings (SSSR count). The van der Waals surface area contributed by atoms with Gasteiger partial charge in [-0.2, -0.15) is 0 Å². The molecule has 1 aliphatic rings. The van der Waals surface area contributed by atoms with Gasteiger partial charge in [0.1, 0.15) is 5.69 Å². The smallest absolute Gasteiger partial charge is 0.211 e. The molecule has 0 spiro atoms. The number of nitrogens with zero attached hydrogens (tertiary/aromatic N) is 1. The van der Waals surface area contributed by atoms with Crippen molar-refractivity contribution in [3.63, 3.8) is 0 Å². The van der Waals surface area contributed by atoms with Gasteiger partial charge in [-0.25, -0.2) is 0 Å². The summed E-state index contributed by atoms with van der Waals surface area (Å²) in [6.45, 7) is 0. The van der Waals surface area contributed by atoms with Gasteiger partial charge in [0.15, 0.2) is 0 Å². The van der Waals surface area contributed by atoms with Crippen molar-refractivity contribution in [3.8, 4) is 0 Å². The molecule has 0 amide bonds. The van der Waals surface area contributed by atoms with Gasteiger partial charge >= 0.3 is 0 Å². The van der Waals surface area contributed by atoms with Crippen molar-refractivity contribution in [3.05, 3.63) is 63.9 Å². The van der Waals surface area contributed by atoms with E-state index < -0.39 is 0 Å². The topological polar surface area (TPSA) is 30.0 Å². The van der Waals surface area contributed by atoms with Crippen LogP contribution >= 0.6 is 11.6 Å². The summed E-state index contributed by atoms with van der Waals surface area (Å²) >= 11 is 6.15. The molecule has 2 nitrogen and oxygen atoms in total. The van der Waals surface area contributed by atoms with E-state index in [9.17, 15) is 4.79 Å². The van der Waals surface area contributed by atoms with Crippen molar-refractivity contribution in [1.29, 1.82) is 0 Å². The predicted molar refractivity (Wildman–Crippen MR) is 66.5 cm³/mol. The van der Waals surface area contributed by atoms with Gasteiger partial charge in [-0.1, -0.05) is 29.8 Å². The molecule has 0 unspecified atom stereocenters. The maximum atomic E-state index is 12.4. The van der Waals surface area contributed by atoms with Crippen LogP contribution in [-0.4, -0.2) is 10.8 Å². The first kappa shape index (κ1) is 10.5. The van der Waals surface area contributed by atoms with Crippen molar-refractivity contribution in [2.75, 3.05) is 0 Å². The van der Waals surface area contributed by atoms with Gasteiger partial charge in [0, 0.05) is 16.8 Å². The quantitative estimate of drug-likeness (QED) is 0.712. The first-order valence-corrected chi connectivity index (χ1v) is 5.91. The molecule has 1 heterocycles. The first-order chi connectivity index (χ1) is 8.27. The molecular weight excluding hydrogens is 234 g/mol. The van der Waals surface area contributed by atoms with E-state index in [1.165, 1.54) is 0 Å². The number of hydrogen-bond acceptors (Lipinski definition) is 2. The maximum Gasteiger partial charge on any atom is 0.211 e. The molecule has 0 N–H and O–H groups in total. The van der Waals surface area contributed by atoms with E-state index in [-0.39, 0.29) is 5.78 Å². The Kier molecular flexibility index (Phi) is 2.45. The maximum absolute atomic E-state index is 12.4. The van der Waals surface area contributed by atoms with Gasteiger partial charge < -0.3 is 0 Å². The highest BCUT2D eigenvalue weighted by Gasteiger charge is 2.23. The largest absolute Gasteiger partial charge is 0.287 e. The third-order valence-corrected chi connectivity index (χ3v) is 3.47. The molecule has 0 aliphatic heterocycles. The third kappa shape index (κ3) is 1.65. The molecule has 3 heteroatoms. The van der Waals surface area contributed by atoms with E-state index in [0.717, 1.165) is 24.0 Å². The van der Waals surface area contributed by atoms with Crippen LogP contribution in [0.15, 0.2) is 36.5 Å². The van der Waals surface area contributed by atoms with E-state index in [4.69, 9.17) is 11.6 Å². The Morgan fingerprint density at radius 2 is 2.00 bits per heavy atom. The fourth-order valence-corrected chi connectivity index (χ4v) is 2.53. The van der Waals surface area contributed by atoms with Crippen LogP contribution in [0.1, 0.15) is 27.2 Å². The van der Waals surface area contributed by atoms with Gasteiger partial charge in [0.25, 0.3) is 0 Å². The Hall–Kier alpha value is -1.67. The van der Waals surface area contributed by atoms with Gasteiger partial charge in [-0.05, 0) is 36.1 Å². The number of aromatic nitrogens is 1. The molecule has 1 aromatic heterocycles. The van der Waals surface area contributed by atoms with Crippen molar-refractivity contribution in [2.45, 2.75) is 12.8 Å². The molecule has 0 radical (unpaired) electrons. The molecule has 0 fully saturated rings. The summed E-state index contributed by atoms with van der Waals surface area (Å²) in [5.41, 5.74) is 3.20. The summed E-state index contributed by atoms with van der Waals surface area (Å²) in [5, 5.41) is 0.670. The van der Waals surface area contributed by atoms with Gasteiger partial charge in [-0.15, -0.1) is 0 Å². The second-order valence-corrected chi connectivity index (χ2v) is 4.51. The molecule has 0 saturated carbocycles. The highest BCUT2D eigenvalue weighted by Crippen LogP contribution is 2.27. The lowest BCUT2D eigenvalue weighted by molar-refractivity contribution is 0.103. The highest BCUT2D eigenvalue weighted by atomic mass is 35.5. The van der Waals surface area contributed by atoms with Crippen LogP contribution in [0.2, 0.25) is 5.02 Å². The number of hydrogen-bond donors (Lipinski definition) is 0. The van der Waals surface area contributed by atoms with Crippen LogP contribution in [-0.2, 0) is 12.8 Å². The van der Waals surface area contributed by atoms with E-state index in [1.807, 2.05) is 30.3 Å². The first-order valence-electron chi connectivity index (χ1n) is 5.53. The van der Waals surface area contributed by atoms with Crippen LogP contribution in [0.4, 0.5) is 0 Å². The summed E-state index contributed by atoms with van der Waals surface area (Å²) in [4.78, 5) is 16.6. The average molecular weight is 244 g/mol. The third-order valence-electron chi connectivity index (χ3n) is 3.11. The van der Waals surface area contributed by atoms with Crippen molar-refractivity contribution in [2.24, 2.45) is 0 Å². The summed E-state index contributed by atoms with van der Waals surface area (Å²) in [7, 11) is 0. The van der Waals surface area contributed by atoms with Crippen LogP contribution in [0.25, 0.3) is 0 Å². The minimum Gasteiger partial charge on any atom is -0.287 e. The monoisotopic (exact) mass is 243 g/mol. The molecule has 84 valence electrons. The van der Waals surface area contributed by atoms with E-state index >= 15 is 0 Å². The molecular formula is C14H10ClNO. The molecule has 0 atom stereocenters. The number of ketones is 1. The second-order valence-electron chi connectivity index (χ2n) is 4.11. The van der Waals surface area contributed by atoms with Gasteiger partial charge in [0.05, 0.1) is 0 Å². The van der Waals surface area contributed by atoms with Gasteiger partial charge in [0.2, 0.25) is 5.78 Å². The molecule has 1 aromatic carbocycles. The Morgan fingerprint density at radius 1 is 1.12 bits per heavy atom. The molecule has 0 bridgehead atoms. The van der Waals surface area contributed by atoms with Crippen molar-refractivity contribution >= 4 is 17.4 Å².